The van der Waals surface area contributed by atoms with Gasteiger partial charge in [0.2, 0.25) is 0 Å². The maximum absolute atomic E-state index is 6.05. The van der Waals surface area contributed by atoms with Crippen molar-refractivity contribution in [2.75, 3.05) is 0 Å². The maximum Gasteiger partial charge on any atom is 0.147 e. The van der Waals surface area contributed by atoms with Gasteiger partial charge in [-0.3, -0.25) is 0 Å². The highest BCUT2D eigenvalue weighted by atomic mass is 35.5. The Balaban J connectivity index is 1.92. The minimum absolute atomic E-state index is 0.449. The summed E-state index contributed by atoms with van der Waals surface area (Å²) in [6.45, 7) is 7.57. The lowest BCUT2D eigenvalue weighted by molar-refractivity contribution is 0.288. The summed E-state index contributed by atoms with van der Waals surface area (Å²) >= 11 is 6.05. The van der Waals surface area contributed by atoms with Crippen LogP contribution in [0.3, 0.4) is 0 Å². The Hall–Kier alpha value is -2.00. The summed E-state index contributed by atoms with van der Waals surface area (Å²) in [6.07, 6.45) is 0. The summed E-state index contributed by atoms with van der Waals surface area (Å²) in [5.74, 6) is 1.83. The first kappa shape index (κ1) is 14.9. The van der Waals surface area contributed by atoms with Crippen molar-refractivity contribution >= 4 is 22.6 Å². The molecule has 0 radical (unpaired) electrons. The molecule has 3 nitrogen and oxygen atoms in total. The van der Waals surface area contributed by atoms with Gasteiger partial charge in [0.05, 0.1) is 11.0 Å². The van der Waals surface area contributed by atoms with Crippen molar-refractivity contribution in [3.63, 3.8) is 0 Å². The number of aromatic nitrogens is 2. The third kappa shape index (κ3) is 2.69. The van der Waals surface area contributed by atoms with Crippen LogP contribution in [-0.4, -0.2) is 9.55 Å². The molecule has 3 rings (SSSR count). The molecule has 0 amide bonds. The average molecular weight is 315 g/mol. The van der Waals surface area contributed by atoms with Crippen molar-refractivity contribution in [2.24, 2.45) is 0 Å². The predicted octanol–water partition coefficient (Wildman–Crippen LogP) is 4.91. The molecular formula is C18H19ClN2O. The van der Waals surface area contributed by atoms with Crippen LogP contribution < -0.4 is 4.74 Å². The van der Waals surface area contributed by atoms with Crippen LogP contribution in [0.25, 0.3) is 11.0 Å². The molecule has 1 heterocycles. The van der Waals surface area contributed by atoms with Gasteiger partial charge in [-0.1, -0.05) is 23.7 Å². The van der Waals surface area contributed by atoms with E-state index in [0.717, 1.165) is 29.2 Å². The summed E-state index contributed by atoms with van der Waals surface area (Å²) in [5.41, 5.74) is 4.40. The number of rotatable bonds is 4. The van der Waals surface area contributed by atoms with Crippen molar-refractivity contribution < 1.29 is 4.74 Å². The van der Waals surface area contributed by atoms with Crippen LogP contribution in [0, 0.1) is 13.8 Å². The molecule has 22 heavy (non-hydrogen) atoms. The summed E-state index contributed by atoms with van der Waals surface area (Å²) < 4.78 is 8.15. The maximum atomic E-state index is 6.05. The first-order chi connectivity index (χ1) is 10.6. The molecule has 0 saturated carbocycles. The van der Waals surface area contributed by atoms with E-state index in [-0.39, 0.29) is 0 Å². The number of nitrogens with zero attached hydrogens (tertiary/aromatic N) is 2. The van der Waals surface area contributed by atoms with E-state index >= 15 is 0 Å². The largest absolute Gasteiger partial charge is 0.485 e. The lowest BCUT2D eigenvalue weighted by atomic mass is 10.1. The minimum Gasteiger partial charge on any atom is -0.485 e. The van der Waals surface area contributed by atoms with Gasteiger partial charge in [0, 0.05) is 11.6 Å². The van der Waals surface area contributed by atoms with E-state index < -0.39 is 0 Å². The SMILES string of the molecule is CCn1c(COc2cccc(C)c2C)nc2cc(Cl)ccc21. The molecule has 0 N–H and O–H groups in total. The Morgan fingerprint density at radius 3 is 2.77 bits per heavy atom. The van der Waals surface area contributed by atoms with Crippen LogP contribution >= 0.6 is 11.6 Å². The Kier molecular flexibility index (Phi) is 4.08. The van der Waals surface area contributed by atoms with E-state index in [1.54, 1.807) is 0 Å². The zero-order valence-electron chi connectivity index (χ0n) is 13.1. The van der Waals surface area contributed by atoms with Gasteiger partial charge in [0.1, 0.15) is 18.2 Å². The van der Waals surface area contributed by atoms with Crippen LogP contribution in [0.1, 0.15) is 23.9 Å². The quantitative estimate of drug-likeness (QED) is 0.684. The predicted molar refractivity (Wildman–Crippen MR) is 90.7 cm³/mol. The third-order valence-corrected chi connectivity index (χ3v) is 4.25. The van der Waals surface area contributed by atoms with Crippen molar-refractivity contribution in [3.05, 3.63) is 58.4 Å². The van der Waals surface area contributed by atoms with Crippen LogP contribution in [0.2, 0.25) is 5.02 Å². The lowest BCUT2D eigenvalue weighted by Crippen LogP contribution is -2.06. The molecule has 0 fully saturated rings. The van der Waals surface area contributed by atoms with Gasteiger partial charge in [-0.15, -0.1) is 0 Å². The zero-order valence-corrected chi connectivity index (χ0v) is 13.8. The molecule has 0 aliphatic heterocycles. The molecule has 2 aromatic carbocycles. The van der Waals surface area contributed by atoms with E-state index in [1.807, 2.05) is 30.3 Å². The fraction of sp³-hybridized carbons (Fsp3) is 0.278. The highest BCUT2D eigenvalue weighted by Gasteiger charge is 2.11. The zero-order chi connectivity index (χ0) is 15.7. The minimum atomic E-state index is 0.449. The second-order valence-corrected chi connectivity index (χ2v) is 5.83. The third-order valence-electron chi connectivity index (χ3n) is 4.02. The molecule has 0 aliphatic rings. The molecule has 3 aromatic rings. The number of halogens is 1. The Bertz CT molecular complexity index is 823. The van der Waals surface area contributed by atoms with Gasteiger partial charge in [0.25, 0.3) is 0 Å². The molecule has 0 saturated heterocycles. The molecular weight excluding hydrogens is 296 g/mol. The number of imidazole rings is 1. The molecule has 114 valence electrons. The summed E-state index contributed by atoms with van der Waals surface area (Å²) in [6, 6.07) is 11.9. The number of fused-ring (bicyclic) bond motifs is 1. The molecule has 0 atom stereocenters. The van der Waals surface area contributed by atoms with Gasteiger partial charge >= 0.3 is 0 Å². The fourth-order valence-electron chi connectivity index (χ4n) is 2.64. The number of aryl methyl sites for hydroxylation is 2. The summed E-state index contributed by atoms with van der Waals surface area (Å²) in [5, 5.41) is 0.704. The van der Waals surface area contributed by atoms with E-state index in [0.29, 0.717) is 11.6 Å². The first-order valence-corrected chi connectivity index (χ1v) is 7.81. The second kappa shape index (κ2) is 6.01. The van der Waals surface area contributed by atoms with E-state index in [4.69, 9.17) is 16.3 Å². The molecule has 4 heteroatoms. The first-order valence-electron chi connectivity index (χ1n) is 7.44. The lowest BCUT2D eigenvalue weighted by Gasteiger charge is -2.11. The highest BCUT2D eigenvalue weighted by molar-refractivity contribution is 6.31. The van der Waals surface area contributed by atoms with Crippen molar-refractivity contribution in [1.29, 1.82) is 0 Å². The van der Waals surface area contributed by atoms with E-state index in [2.05, 4.69) is 36.4 Å². The van der Waals surface area contributed by atoms with Gasteiger partial charge < -0.3 is 9.30 Å². The smallest absolute Gasteiger partial charge is 0.147 e. The van der Waals surface area contributed by atoms with Crippen LogP contribution in [0.4, 0.5) is 0 Å². The summed E-state index contributed by atoms with van der Waals surface area (Å²) in [4.78, 5) is 4.67. The molecule has 1 aromatic heterocycles. The standard InChI is InChI=1S/C18H19ClN2O/c1-4-21-16-9-8-14(19)10-15(16)20-18(21)11-22-17-7-5-6-12(2)13(17)3/h5-10H,4,11H2,1-3H3. The summed E-state index contributed by atoms with van der Waals surface area (Å²) in [7, 11) is 0. The van der Waals surface area contributed by atoms with E-state index in [9.17, 15) is 0 Å². The fourth-order valence-corrected chi connectivity index (χ4v) is 2.81. The van der Waals surface area contributed by atoms with Crippen molar-refractivity contribution in [3.8, 4) is 5.75 Å². The van der Waals surface area contributed by atoms with Crippen LogP contribution in [0.15, 0.2) is 36.4 Å². The van der Waals surface area contributed by atoms with Gasteiger partial charge in [0.15, 0.2) is 0 Å². The monoisotopic (exact) mass is 314 g/mol. The van der Waals surface area contributed by atoms with Crippen LogP contribution in [-0.2, 0) is 13.2 Å². The second-order valence-electron chi connectivity index (χ2n) is 5.39. The van der Waals surface area contributed by atoms with Gasteiger partial charge in [-0.25, -0.2) is 4.98 Å². The molecule has 0 bridgehead atoms. The van der Waals surface area contributed by atoms with E-state index in [1.165, 1.54) is 11.1 Å². The molecule has 0 unspecified atom stereocenters. The average Bonchev–Trinajstić information content (AvgIpc) is 2.85. The van der Waals surface area contributed by atoms with Gasteiger partial charge in [-0.05, 0) is 56.2 Å². The Morgan fingerprint density at radius 2 is 2.00 bits per heavy atom. The normalized spacial score (nSPS) is 11.1. The van der Waals surface area contributed by atoms with Crippen molar-refractivity contribution in [2.45, 2.75) is 33.9 Å². The Labute approximate surface area is 135 Å². The molecule has 0 aliphatic carbocycles. The topological polar surface area (TPSA) is 27.1 Å². The van der Waals surface area contributed by atoms with Crippen molar-refractivity contribution in [1.82, 2.24) is 9.55 Å². The number of hydrogen-bond donors (Lipinski definition) is 0. The molecule has 0 spiro atoms. The Morgan fingerprint density at radius 1 is 1.18 bits per heavy atom. The highest BCUT2D eigenvalue weighted by Crippen LogP contribution is 2.24. The number of ether oxygens (including phenoxy) is 1. The number of hydrogen-bond acceptors (Lipinski definition) is 2. The number of benzene rings is 2. The van der Waals surface area contributed by atoms with Crippen LogP contribution in [0.5, 0.6) is 5.75 Å². The van der Waals surface area contributed by atoms with Gasteiger partial charge in [-0.2, -0.15) is 0 Å².